The predicted molar refractivity (Wildman–Crippen MR) is 66.4 cm³/mol. The van der Waals surface area contributed by atoms with E-state index in [4.69, 9.17) is 5.73 Å². The van der Waals surface area contributed by atoms with Gasteiger partial charge in [0.2, 0.25) is 5.91 Å². The predicted octanol–water partition coefficient (Wildman–Crippen LogP) is 1.48. The van der Waals surface area contributed by atoms with E-state index in [1.54, 1.807) is 17.9 Å². The molecule has 1 aromatic carbocycles. The molecule has 0 bridgehead atoms. The number of hydrogen-bond acceptors (Lipinski definition) is 2. The summed E-state index contributed by atoms with van der Waals surface area (Å²) in [4.78, 5) is 13.4. The van der Waals surface area contributed by atoms with Crippen molar-refractivity contribution < 1.29 is 9.18 Å². The Labute approximate surface area is 106 Å². The van der Waals surface area contributed by atoms with Crippen LogP contribution in [0.5, 0.6) is 0 Å². The van der Waals surface area contributed by atoms with Gasteiger partial charge in [-0.25, -0.2) is 4.39 Å². The van der Waals surface area contributed by atoms with Crippen LogP contribution in [0, 0.1) is 5.82 Å². The van der Waals surface area contributed by atoms with Crippen molar-refractivity contribution >= 4 is 18.3 Å². The van der Waals surface area contributed by atoms with E-state index in [2.05, 4.69) is 0 Å². The number of halogens is 2. The quantitative estimate of drug-likeness (QED) is 0.829. The Balaban J connectivity index is 0.00000144. The van der Waals surface area contributed by atoms with Crippen LogP contribution in [0.3, 0.4) is 0 Å². The normalized spacial score (nSPS) is 15.8. The largest absolute Gasteiger partial charge is 0.337 e. The number of carbonyl (C=O) groups excluding carboxylic acids is 1. The first-order chi connectivity index (χ1) is 7.58. The summed E-state index contributed by atoms with van der Waals surface area (Å²) in [5.74, 6) is -0.330. The van der Waals surface area contributed by atoms with Gasteiger partial charge in [0, 0.05) is 13.1 Å². The molecular weight excluding hydrogens is 243 g/mol. The van der Waals surface area contributed by atoms with Crippen molar-refractivity contribution in [3.63, 3.8) is 0 Å². The van der Waals surface area contributed by atoms with Crippen LogP contribution in [0.25, 0.3) is 0 Å². The maximum absolute atomic E-state index is 13.1. The van der Waals surface area contributed by atoms with Gasteiger partial charge in [0.15, 0.2) is 0 Å². The second-order valence-electron chi connectivity index (χ2n) is 4.21. The first-order valence-electron chi connectivity index (χ1n) is 5.39. The second kappa shape index (κ2) is 5.47. The lowest BCUT2D eigenvalue weighted by atomic mass is 9.99. The molecule has 0 saturated carbocycles. The molecule has 1 aromatic rings. The fraction of sp³-hybridized carbons (Fsp3) is 0.417. The molecule has 1 aliphatic rings. The van der Waals surface area contributed by atoms with Crippen LogP contribution in [-0.4, -0.2) is 23.4 Å². The molecule has 1 aliphatic heterocycles. The number of rotatable bonds is 1. The Bertz CT molecular complexity index is 423. The Morgan fingerprint density at radius 2 is 2.18 bits per heavy atom. The number of hydrogen-bond donors (Lipinski definition) is 1. The van der Waals surface area contributed by atoms with E-state index in [1.807, 2.05) is 0 Å². The molecule has 2 rings (SSSR count). The second-order valence-corrected chi connectivity index (χ2v) is 4.21. The van der Waals surface area contributed by atoms with E-state index in [-0.39, 0.29) is 24.1 Å². The van der Waals surface area contributed by atoms with Gasteiger partial charge in [0.25, 0.3) is 0 Å². The van der Waals surface area contributed by atoms with Crippen LogP contribution in [0.15, 0.2) is 18.2 Å². The molecule has 0 saturated heterocycles. The van der Waals surface area contributed by atoms with E-state index in [1.165, 1.54) is 12.1 Å². The molecule has 0 spiro atoms. The Kier molecular flexibility index (Phi) is 4.48. The highest BCUT2D eigenvalue weighted by atomic mass is 35.5. The van der Waals surface area contributed by atoms with E-state index < -0.39 is 6.04 Å². The van der Waals surface area contributed by atoms with Crippen LogP contribution in [-0.2, 0) is 17.8 Å². The third-order valence-electron chi connectivity index (χ3n) is 2.88. The average Bonchev–Trinajstić information content (AvgIpc) is 2.26. The van der Waals surface area contributed by atoms with E-state index in [0.29, 0.717) is 13.1 Å². The number of nitrogens with two attached hydrogens (primary N) is 1. The molecule has 2 N–H and O–H groups in total. The topological polar surface area (TPSA) is 46.3 Å². The summed E-state index contributed by atoms with van der Waals surface area (Å²) in [5.41, 5.74) is 7.56. The highest BCUT2D eigenvalue weighted by Gasteiger charge is 2.22. The number of fused-ring (bicyclic) bond motifs is 1. The zero-order valence-corrected chi connectivity index (χ0v) is 10.5. The fourth-order valence-electron chi connectivity index (χ4n) is 2.00. The van der Waals surface area contributed by atoms with Crippen molar-refractivity contribution in [1.29, 1.82) is 0 Å². The Morgan fingerprint density at radius 1 is 1.47 bits per heavy atom. The molecule has 1 unspecified atom stereocenters. The standard InChI is InChI=1S/C12H15FN2O.ClH/c1-8(14)12(16)15-5-4-9-2-3-11(13)6-10(9)7-15;/h2-3,6,8H,4-5,7,14H2,1H3;1H. The molecule has 0 fully saturated rings. The van der Waals surface area contributed by atoms with Crippen molar-refractivity contribution in [2.45, 2.75) is 25.9 Å². The molecule has 17 heavy (non-hydrogen) atoms. The van der Waals surface area contributed by atoms with Crippen LogP contribution < -0.4 is 5.73 Å². The molecular formula is C12H16ClFN2O. The van der Waals surface area contributed by atoms with Crippen molar-refractivity contribution in [1.82, 2.24) is 4.90 Å². The van der Waals surface area contributed by atoms with Crippen molar-refractivity contribution in [3.05, 3.63) is 35.1 Å². The van der Waals surface area contributed by atoms with Crippen LogP contribution in [0.2, 0.25) is 0 Å². The van der Waals surface area contributed by atoms with Gasteiger partial charge in [-0.05, 0) is 36.6 Å². The lowest BCUT2D eigenvalue weighted by Crippen LogP contribution is -2.44. The van der Waals surface area contributed by atoms with Gasteiger partial charge >= 0.3 is 0 Å². The summed E-state index contributed by atoms with van der Waals surface area (Å²) in [5, 5.41) is 0. The van der Waals surface area contributed by atoms with Crippen molar-refractivity contribution in [3.8, 4) is 0 Å². The van der Waals surface area contributed by atoms with Crippen molar-refractivity contribution in [2.75, 3.05) is 6.54 Å². The minimum Gasteiger partial charge on any atom is -0.337 e. The number of amides is 1. The van der Waals surface area contributed by atoms with Gasteiger partial charge in [0.1, 0.15) is 5.82 Å². The first-order valence-corrected chi connectivity index (χ1v) is 5.39. The molecule has 1 heterocycles. The first kappa shape index (κ1) is 13.9. The molecule has 94 valence electrons. The zero-order valence-electron chi connectivity index (χ0n) is 9.65. The Morgan fingerprint density at radius 3 is 2.82 bits per heavy atom. The maximum Gasteiger partial charge on any atom is 0.239 e. The smallest absolute Gasteiger partial charge is 0.239 e. The highest BCUT2D eigenvalue weighted by Crippen LogP contribution is 2.20. The summed E-state index contributed by atoms with van der Waals surface area (Å²) >= 11 is 0. The minimum absolute atomic E-state index is 0. The van der Waals surface area contributed by atoms with E-state index in [9.17, 15) is 9.18 Å². The third-order valence-corrected chi connectivity index (χ3v) is 2.88. The van der Waals surface area contributed by atoms with E-state index in [0.717, 1.165) is 17.5 Å². The zero-order chi connectivity index (χ0) is 11.7. The van der Waals surface area contributed by atoms with Crippen molar-refractivity contribution in [2.24, 2.45) is 5.73 Å². The molecule has 1 amide bonds. The van der Waals surface area contributed by atoms with Crippen LogP contribution in [0.4, 0.5) is 4.39 Å². The number of benzene rings is 1. The van der Waals surface area contributed by atoms with Gasteiger partial charge in [-0.3, -0.25) is 4.79 Å². The highest BCUT2D eigenvalue weighted by molar-refractivity contribution is 5.85. The summed E-state index contributed by atoms with van der Waals surface area (Å²) < 4.78 is 13.1. The lowest BCUT2D eigenvalue weighted by Gasteiger charge is -2.30. The van der Waals surface area contributed by atoms with Gasteiger partial charge in [-0.1, -0.05) is 6.07 Å². The van der Waals surface area contributed by atoms with Gasteiger partial charge in [-0.2, -0.15) is 0 Å². The lowest BCUT2D eigenvalue weighted by molar-refractivity contribution is -0.133. The molecule has 5 heteroatoms. The van der Waals surface area contributed by atoms with Crippen LogP contribution >= 0.6 is 12.4 Å². The maximum atomic E-state index is 13.1. The molecule has 1 atom stereocenters. The summed E-state index contributed by atoms with van der Waals surface area (Å²) in [7, 11) is 0. The molecule has 0 aromatic heterocycles. The average molecular weight is 259 g/mol. The van der Waals surface area contributed by atoms with Gasteiger partial charge < -0.3 is 10.6 Å². The summed E-state index contributed by atoms with van der Waals surface area (Å²) in [6, 6.07) is 4.26. The number of carbonyl (C=O) groups is 1. The monoisotopic (exact) mass is 258 g/mol. The van der Waals surface area contributed by atoms with Gasteiger partial charge in [-0.15, -0.1) is 12.4 Å². The SMILES string of the molecule is CC(N)C(=O)N1CCc2ccc(F)cc2C1.Cl. The minimum atomic E-state index is -0.491. The van der Waals surface area contributed by atoms with Gasteiger partial charge in [0.05, 0.1) is 6.04 Å². The molecule has 0 radical (unpaired) electrons. The summed E-state index contributed by atoms with van der Waals surface area (Å²) in [6.45, 7) is 2.80. The molecule has 0 aliphatic carbocycles. The summed E-state index contributed by atoms with van der Waals surface area (Å²) in [6.07, 6.45) is 0.772. The fourth-order valence-corrected chi connectivity index (χ4v) is 2.00. The van der Waals surface area contributed by atoms with Crippen LogP contribution in [0.1, 0.15) is 18.1 Å². The third kappa shape index (κ3) is 2.96. The Hall–Kier alpha value is -1.13. The molecule has 3 nitrogen and oxygen atoms in total. The number of nitrogens with zero attached hydrogens (tertiary/aromatic N) is 1. The van der Waals surface area contributed by atoms with E-state index >= 15 is 0 Å².